The number of allylic oxidation sites excluding steroid dienone is 1. The molecule has 0 rings (SSSR count). The van der Waals surface area contributed by atoms with E-state index in [0.717, 1.165) is 12.2 Å². The molecule has 50 valence electrons. The molecule has 0 amide bonds. The van der Waals surface area contributed by atoms with E-state index in [1.54, 1.807) is 6.08 Å². The summed E-state index contributed by atoms with van der Waals surface area (Å²) in [6.07, 6.45) is 3.25. The second-order valence-electron chi connectivity index (χ2n) is 0.612. The summed E-state index contributed by atoms with van der Waals surface area (Å²) in [6, 6.07) is 0. The second kappa shape index (κ2) is 87.4. The van der Waals surface area contributed by atoms with E-state index in [9.17, 15) is 0 Å². The molecule has 0 aliphatic carbocycles. The van der Waals surface area contributed by atoms with Gasteiger partial charge in [0, 0.05) is 0 Å². The molecule has 0 heterocycles. The fourth-order valence-corrected chi connectivity index (χ4v) is 0. The Kier molecular flexibility index (Phi) is 152. The van der Waals surface area contributed by atoms with Crippen LogP contribution in [0.1, 0.15) is 6.92 Å². The highest BCUT2D eigenvalue weighted by atomic mass is 16.1. The SMILES string of the molecule is C=CC.N=C=O.N=C=O. The predicted molar refractivity (Wildman–Crippen MR) is 32.7 cm³/mol. The van der Waals surface area contributed by atoms with Crippen molar-refractivity contribution in [2.75, 3.05) is 0 Å². The van der Waals surface area contributed by atoms with Crippen LogP contribution in [-0.2, 0) is 9.59 Å². The van der Waals surface area contributed by atoms with Crippen LogP contribution in [0.25, 0.3) is 0 Å². The van der Waals surface area contributed by atoms with E-state index < -0.39 is 0 Å². The summed E-state index contributed by atoms with van der Waals surface area (Å²) in [6.45, 7) is 5.25. The first-order valence-corrected chi connectivity index (χ1v) is 1.89. The highest BCUT2D eigenvalue weighted by Crippen LogP contribution is 1.38. The molecular weight excluding hydrogens is 120 g/mol. The molecule has 0 aliphatic rings. The van der Waals surface area contributed by atoms with E-state index in [4.69, 9.17) is 20.4 Å². The van der Waals surface area contributed by atoms with Gasteiger partial charge in [0.25, 0.3) is 0 Å². The maximum Gasteiger partial charge on any atom is 0.231 e. The molecule has 2 N–H and O–H groups in total. The van der Waals surface area contributed by atoms with E-state index in [2.05, 4.69) is 6.58 Å². The lowest BCUT2D eigenvalue weighted by Crippen LogP contribution is -1.16. The molecule has 0 unspecified atom stereocenters. The van der Waals surface area contributed by atoms with Crippen molar-refractivity contribution in [2.24, 2.45) is 0 Å². The van der Waals surface area contributed by atoms with Gasteiger partial charge in [-0.15, -0.1) is 6.58 Å². The Balaban J connectivity index is -0.0000000600. The average molecular weight is 128 g/mol. The quantitative estimate of drug-likeness (QED) is 0.290. The number of hydrogen-bond donors (Lipinski definition) is 2. The molecule has 0 spiro atoms. The summed E-state index contributed by atoms with van der Waals surface area (Å²) >= 11 is 0. The molecule has 0 bridgehead atoms. The summed E-state index contributed by atoms with van der Waals surface area (Å²) in [4.78, 5) is 16.7. The van der Waals surface area contributed by atoms with Crippen LogP contribution in [0.4, 0.5) is 0 Å². The van der Waals surface area contributed by atoms with Gasteiger partial charge in [-0.3, -0.25) is 0 Å². The first kappa shape index (κ1) is 15.6. The highest BCUT2D eigenvalue weighted by Gasteiger charge is 1.15. The number of rotatable bonds is 0. The van der Waals surface area contributed by atoms with Crippen molar-refractivity contribution in [3.05, 3.63) is 12.7 Å². The Bertz CT molecular complexity index is 96.1. The second-order valence-corrected chi connectivity index (χ2v) is 0.612. The molecule has 0 saturated carbocycles. The van der Waals surface area contributed by atoms with Crippen LogP contribution >= 0.6 is 0 Å². The molecule has 0 fully saturated rings. The van der Waals surface area contributed by atoms with Crippen molar-refractivity contribution in [1.82, 2.24) is 0 Å². The standard InChI is InChI=1S/C3H6.2CHNO/c1-3-2;2*2-1-3/h3H,1H2,2H3;2*2H. The maximum absolute atomic E-state index is 8.35. The molecule has 4 heteroatoms. The van der Waals surface area contributed by atoms with Gasteiger partial charge < -0.3 is 0 Å². The van der Waals surface area contributed by atoms with Crippen molar-refractivity contribution < 1.29 is 9.59 Å². The van der Waals surface area contributed by atoms with Crippen molar-refractivity contribution in [3.8, 4) is 0 Å². The van der Waals surface area contributed by atoms with E-state index in [-0.39, 0.29) is 0 Å². The first-order chi connectivity index (χ1) is 4.24. The minimum atomic E-state index is 0.750. The lowest BCUT2D eigenvalue weighted by molar-refractivity contribution is 0.562. The Morgan fingerprint density at radius 2 is 1.33 bits per heavy atom. The summed E-state index contributed by atoms with van der Waals surface area (Å²) in [5.41, 5.74) is 0. The molecule has 9 heavy (non-hydrogen) atoms. The summed E-state index contributed by atoms with van der Waals surface area (Å²) in [5, 5.41) is 10.8. The molecule has 0 radical (unpaired) electrons. The van der Waals surface area contributed by atoms with Gasteiger partial charge in [0.1, 0.15) is 0 Å². The van der Waals surface area contributed by atoms with Crippen LogP contribution in [0, 0.1) is 10.8 Å². The van der Waals surface area contributed by atoms with E-state index in [1.807, 2.05) is 6.92 Å². The van der Waals surface area contributed by atoms with Crippen LogP contribution in [0.5, 0.6) is 0 Å². The van der Waals surface area contributed by atoms with Gasteiger partial charge in [-0.1, -0.05) is 6.08 Å². The zero-order valence-corrected chi connectivity index (χ0v) is 5.10. The van der Waals surface area contributed by atoms with Crippen LogP contribution in [0.15, 0.2) is 12.7 Å². The van der Waals surface area contributed by atoms with Gasteiger partial charge in [-0.25, -0.2) is 20.4 Å². The van der Waals surface area contributed by atoms with E-state index in [0.29, 0.717) is 0 Å². The molecule has 4 nitrogen and oxygen atoms in total. The van der Waals surface area contributed by atoms with Gasteiger partial charge in [0.2, 0.25) is 12.2 Å². The van der Waals surface area contributed by atoms with Gasteiger partial charge in [0.15, 0.2) is 0 Å². The number of hydrogen-bond acceptors (Lipinski definition) is 4. The maximum atomic E-state index is 8.35. The average Bonchev–Trinajstić information content (AvgIpc) is 1.70. The van der Waals surface area contributed by atoms with E-state index >= 15 is 0 Å². The molecule has 0 aromatic carbocycles. The zero-order valence-electron chi connectivity index (χ0n) is 5.10. The fourth-order valence-electron chi connectivity index (χ4n) is 0. The Labute approximate surface area is 53.2 Å². The predicted octanol–water partition coefficient (Wildman–Crippen LogP) is 0.994. The minimum absolute atomic E-state index is 0.750. The van der Waals surface area contributed by atoms with Crippen molar-refractivity contribution in [2.45, 2.75) is 6.92 Å². The zero-order chi connectivity index (χ0) is 8.12. The third kappa shape index (κ3) is 58.5. The third-order valence-electron chi connectivity index (χ3n) is 0. The van der Waals surface area contributed by atoms with Gasteiger partial charge in [0.05, 0.1) is 0 Å². The van der Waals surface area contributed by atoms with Crippen molar-refractivity contribution >= 4 is 12.2 Å². The van der Waals surface area contributed by atoms with Crippen LogP contribution in [0.2, 0.25) is 0 Å². The van der Waals surface area contributed by atoms with E-state index in [1.165, 1.54) is 0 Å². The van der Waals surface area contributed by atoms with Crippen LogP contribution in [-0.4, -0.2) is 12.2 Å². The molecular formula is C5H8N2O2. The van der Waals surface area contributed by atoms with Crippen molar-refractivity contribution in [3.63, 3.8) is 0 Å². The normalized spacial score (nSPS) is 3.22. The monoisotopic (exact) mass is 128 g/mol. The Hall–Kier alpha value is -1.50. The summed E-state index contributed by atoms with van der Waals surface area (Å²) in [7, 11) is 0. The molecule has 0 saturated heterocycles. The van der Waals surface area contributed by atoms with Gasteiger partial charge >= 0.3 is 0 Å². The summed E-state index contributed by atoms with van der Waals surface area (Å²) in [5.74, 6) is 0. The fraction of sp³-hybridized carbons (Fsp3) is 0.200. The molecule has 0 atom stereocenters. The number of carbonyl (C=O) groups excluding carboxylic acids is 2. The summed E-state index contributed by atoms with van der Waals surface area (Å²) < 4.78 is 0. The first-order valence-electron chi connectivity index (χ1n) is 1.89. The molecule has 0 aromatic rings. The van der Waals surface area contributed by atoms with Gasteiger partial charge in [-0.05, 0) is 6.92 Å². The molecule has 0 aromatic heterocycles. The van der Waals surface area contributed by atoms with Gasteiger partial charge in [-0.2, -0.15) is 0 Å². The Morgan fingerprint density at radius 1 is 1.33 bits per heavy atom. The van der Waals surface area contributed by atoms with Crippen LogP contribution in [0.3, 0.4) is 0 Å². The minimum Gasteiger partial charge on any atom is -0.222 e. The smallest absolute Gasteiger partial charge is 0.222 e. The lowest BCUT2D eigenvalue weighted by Gasteiger charge is -1.31. The number of nitrogens with one attached hydrogen (secondary N) is 2. The lowest BCUT2D eigenvalue weighted by atomic mass is 10.8. The topological polar surface area (TPSA) is 81.8 Å². The third-order valence-corrected chi connectivity index (χ3v) is 0. The van der Waals surface area contributed by atoms with Crippen molar-refractivity contribution in [1.29, 1.82) is 10.8 Å². The van der Waals surface area contributed by atoms with Crippen LogP contribution < -0.4 is 0 Å². The molecule has 0 aliphatic heterocycles. The number of isocyanates is 2. The largest absolute Gasteiger partial charge is 0.231 e. The highest BCUT2D eigenvalue weighted by molar-refractivity contribution is 5.26. The Morgan fingerprint density at radius 3 is 1.33 bits per heavy atom.